The number of hydrogen-bond acceptors (Lipinski definition) is 3. The molecule has 164 valence electrons. The molecule has 0 saturated carbocycles. The van der Waals surface area contributed by atoms with Crippen LogP contribution in [0.1, 0.15) is 43.2 Å². The van der Waals surface area contributed by atoms with Gasteiger partial charge in [0.05, 0.1) is 12.8 Å². The van der Waals surface area contributed by atoms with Crippen LogP contribution in [-0.2, 0) is 13.0 Å². The van der Waals surface area contributed by atoms with E-state index in [0.29, 0.717) is 23.6 Å². The van der Waals surface area contributed by atoms with Gasteiger partial charge in [0.1, 0.15) is 0 Å². The summed E-state index contributed by atoms with van der Waals surface area (Å²) in [5, 5.41) is 0. The number of hydrogen-bond donors (Lipinski definition) is 0. The Morgan fingerprint density at radius 1 is 0.848 bits per heavy atom. The summed E-state index contributed by atoms with van der Waals surface area (Å²) in [4.78, 5) is 29.7. The molecule has 3 aromatic carbocycles. The van der Waals surface area contributed by atoms with Gasteiger partial charge in [-0.15, -0.1) is 0 Å². The van der Waals surface area contributed by atoms with Crippen molar-refractivity contribution in [1.82, 2.24) is 0 Å². The highest BCUT2D eigenvalue weighted by atomic mass is 16.3. The lowest BCUT2D eigenvalue weighted by atomic mass is 10.0. The lowest BCUT2D eigenvalue weighted by molar-refractivity contribution is 0.0964. The van der Waals surface area contributed by atoms with Gasteiger partial charge in [-0.3, -0.25) is 9.59 Å². The molecular weight excluding hydrogens is 412 g/mol. The molecule has 5 heteroatoms. The van der Waals surface area contributed by atoms with Crippen molar-refractivity contribution in [2.45, 2.75) is 19.9 Å². The van der Waals surface area contributed by atoms with Crippen molar-refractivity contribution in [2.24, 2.45) is 0 Å². The topological polar surface area (TPSA) is 53.8 Å². The Morgan fingerprint density at radius 3 is 2.21 bits per heavy atom. The summed E-state index contributed by atoms with van der Waals surface area (Å²) in [6.45, 7) is 2.35. The molecule has 0 saturated heterocycles. The number of furan rings is 1. The number of fused-ring (bicyclic) bond motifs is 2. The summed E-state index contributed by atoms with van der Waals surface area (Å²) in [5.74, 6) is 0.0219. The minimum atomic E-state index is -0.227. The number of nitrogens with zero attached hydrogens (tertiary/aromatic N) is 2. The van der Waals surface area contributed by atoms with Crippen molar-refractivity contribution in [3.05, 3.63) is 119 Å². The molecule has 0 N–H and O–H groups in total. The molecule has 0 spiro atoms. The summed E-state index contributed by atoms with van der Waals surface area (Å²) in [6.07, 6.45) is 2.31. The standard InChI is InChI=1S/C28H24N2O3/c1-19-15-16-33-26(19)28(32)29(2)24-13-11-20(12-14-24)27(31)30-18-23-9-4-3-7-21(23)17-22-8-5-6-10-25(22)30/h3-16H,17-18H2,1-2H3. The third-order valence-electron chi connectivity index (χ3n) is 6.22. The number of benzene rings is 3. The average molecular weight is 437 g/mol. The first-order chi connectivity index (χ1) is 16.0. The zero-order valence-corrected chi connectivity index (χ0v) is 18.6. The molecule has 0 aliphatic carbocycles. The van der Waals surface area contributed by atoms with Crippen LogP contribution in [0.2, 0.25) is 0 Å². The van der Waals surface area contributed by atoms with E-state index in [4.69, 9.17) is 4.42 Å². The monoisotopic (exact) mass is 436 g/mol. The maximum atomic E-state index is 13.6. The Morgan fingerprint density at radius 2 is 1.52 bits per heavy atom. The molecule has 1 aliphatic heterocycles. The van der Waals surface area contributed by atoms with Crippen LogP contribution in [0.15, 0.2) is 89.5 Å². The van der Waals surface area contributed by atoms with Crippen molar-refractivity contribution in [3.63, 3.8) is 0 Å². The van der Waals surface area contributed by atoms with E-state index in [1.54, 1.807) is 37.4 Å². The first-order valence-electron chi connectivity index (χ1n) is 10.9. The molecule has 2 heterocycles. The first-order valence-corrected chi connectivity index (χ1v) is 10.9. The van der Waals surface area contributed by atoms with Crippen LogP contribution >= 0.6 is 0 Å². The summed E-state index contributed by atoms with van der Waals surface area (Å²) in [5.41, 5.74) is 6.51. The van der Waals surface area contributed by atoms with E-state index in [1.807, 2.05) is 42.2 Å². The van der Waals surface area contributed by atoms with E-state index >= 15 is 0 Å². The molecule has 1 aromatic heterocycles. The number of anilines is 2. The van der Waals surface area contributed by atoms with E-state index in [0.717, 1.165) is 28.8 Å². The fourth-order valence-electron chi connectivity index (χ4n) is 4.29. The second-order valence-corrected chi connectivity index (χ2v) is 8.31. The quantitative estimate of drug-likeness (QED) is 0.419. The lowest BCUT2D eigenvalue weighted by Crippen LogP contribution is -2.30. The molecule has 0 atom stereocenters. The molecule has 2 amide bonds. The molecule has 1 aliphatic rings. The second-order valence-electron chi connectivity index (χ2n) is 8.31. The van der Waals surface area contributed by atoms with Crippen molar-refractivity contribution in [2.75, 3.05) is 16.8 Å². The molecule has 5 rings (SSSR count). The maximum Gasteiger partial charge on any atom is 0.293 e. The molecule has 33 heavy (non-hydrogen) atoms. The minimum absolute atomic E-state index is 0.0680. The third kappa shape index (κ3) is 3.82. The van der Waals surface area contributed by atoms with Gasteiger partial charge in [-0.25, -0.2) is 0 Å². The minimum Gasteiger partial charge on any atom is -0.459 e. The van der Waals surface area contributed by atoms with Gasteiger partial charge >= 0.3 is 0 Å². The van der Waals surface area contributed by atoms with Crippen molar-refractivity contribution in [3.8, 4) is 0 Å². The van der Waals surface area contributed by atoms with Crippen LogP contribution < -0.4 is 9.80 Å². The third-order valence-corrected chi connectivity index (χ3v) is 6.22. The van der Waals surface area contributed by atoms with Gasteiger partial charge in [0, 0.05) is 29.5 Å². The smallest absolute Gasteiger partial charge is 0.293 e. The molecule has 0 fully saturated rings. The van der Waals surface area contributed by atoms with E-state index in [-0.39, 0.29) is 11.8 Å². The highest BCUT2D eigenvalue weighted by Crippen LogP contribution is 2.32. The summed E-state index contributed by atoms with van der Waals surface area (Å²) < 4.78 is 5.33. The number of carbonyl (C=O) groups is 2. The van der Waals surface area contributed by atoms with E-state index in [2.05, 4.69) is 18.2 Å². The van der Waals surface area contributed by atoms with Gasteiger partial charge in [0.25, 0.3) is 11.8 Å². The summed E-state index contributed by atoms with van der Waals surface area (Å²) in [7, 11) is 1.70. The highest BCUT2D eigenvalue weighted by Gasteiger charge is 2.25. The summed E-state index contributed by atoms with van der Waals surface area (Å²) in [6, 6.07) is 25.2. The number of carbonyl (C=O) groups excluding carboxylic acids is 2. The van der Waals surface area contributed by atoms with Gasteiger partial charge in [0.15, 0.2) is 5.76 Å². The fourth-order valence-corrected chi connectivity index (χ4v) is 4.29. The number of amides is 2. The summed E-state index contributed by atoms with van der Waals surface area (Å²) >= 11 is 0. The number of para-hydroxylation sites is 1. The highest BCUT2D eigenvalue weighted by molar-refractivity contribution is 6.08. The predicted octanol–water partition coefficient (Wildman–Crippen LogP) is 5.62. The Labute approximate surface area is 192 Å². The van der Waals surface area contributed by atoms with Crippen molar-refractivity contribution in [1.29, 1.82) is 0 Å². The lowest BCUT2D eigenvalue weighted by Gasteiger charge is -2.24. The molecule has 0 bridgehead atoms. The van der Waals surface area contributed by atoms with Crippen LogP contribution in [0.3, 0.4) is 0 Å². The van der Waals surface area contributed by atoms with Crippen LogP contribution in [-0.4, -0.2) is 18.9 Å². The van der Waals surface area contributed by atoms with E-state index in [1.165, 1.54) is 16.7 Å². The number of rotatable bonds is 3. The zero-order valence-electron chi connectivity index (χ0n) is 18.6. The second kappa shape index (κ2) is 8.43. The Bertz CT molecular complexity index is 1340. The average Bonchev–Trinajstić information content (AvgIpc) is 3.20. The first kappa shape index (κ1) is 20.8. The SMILES string of the molecule is Cc1ccoc1C(=O)N(C)c1ccc(C(=O)N2Cc3ccccc3Cc3ccccc32)cc1. The van der Waals surface area contributed by atoms with Crippen LogP contribution in [0.5, 0.6) is 0 Å². The maximum absolute atomic E-state index is 13.6. The van der Waals surface area contributed by atoms with Gasteiger partial charge in [-0.1, -0.05) is 42.5 Å². The molecule has 0 radical (unpaired) electrons. The van der Waals surface area contributed by atoms with E-state index in [9.17, 15) is 9.59 Å². The van der Waals surface area contributed by atoms with Gasteiger partial charge in [0.2, 0.25) is 0 Å². The van der Waals surface area contributed by atoms with E-state index < -0.39 is 0 Å². The molecule has 0 unspecified atom stereocenters. The number of aryl methyl sites for hydroxylation is 1. The van der Waals surface area contributed by atoms with Crippen molar-refractivity contribution < 1.29 is 14.0 Å². The van der Waals surface area contributed by atoms with Crippen LogP contribution in [0.4, 0.5) is 11.4 Å². The zero-order chi connectivity index (χ0) is 22.9. The molecular formula is C28H24N2O3. The Balaban J connectivity index is 1.44. The fraction of sp³-hybridized carbons (Fsp3) is 0.143. The van der Waals surface area contributed by atoms with Crippen LogP contribution in [0.25, 0.3) is 0 Å². The van der Waals surface area contributed by atoms with Gasteiger partial charge in [-0.2, -0.15) is 0 Å². The molecule has 4 aromatic rings. The normalized spacial score (nSPS) is 12.5. The Hall–Kier alpha value is -4.12. The van der Waals surface area contributed by atoms with Crippen molar-refractivity contribution >= 4 is 23.2 Å². The predicted molar refractivity (Wildman–Crippen MR) is 129 cm³/mol. The largest absolute Gasteiger partial charge is 0.459 e. The Kier molecular flexibility index (Phi) is 5.31. The van der Waals surface area contributed by atoms with Crippen LogP contribution in [0, 0.1) is 6.92 Å². The van der Waals surface area contributed by atoms with Gasteiger partial charge < -0.3 is 14.2 Å². The molecule has 5 nitrogen and oxygen atoms in total. The van der Waals surface area contributed by atoms with Gasteiger partial charge in [-0.05, 0) is 66.4 Å².